The molecule has 0 atom stereocenters. The zero-order chi connectivity index (χ0) is 26.7. The molecule has 0 unspecified atom stereocenters. The van der Waals surface area contributed by atoms with Crippen LogP contribution in [0.5, 0.6) is 0 Å². The van der Waals surface area contributed by atoms with Gasteiger partial charge in [0.15, 0.2) is 9.84 Å². The molecule has 38 heavy (non-hydrogen) atoms. The Morgan fingerprint density at radius 2 is 1.55 bits per heavy atom. The lowest BCUT2D eigenvalue weighted by atomic mass is 10.1. The third-order valence-electron chi connectivity index (χ3n) is 6.98. The molecule has 3 heterocycles. The Morgan fingerprint density at radius 1 is 0.895 bits per heavy atom. The number of benzene rings is 2. The molecule has 1 aliphatic rings. The van der Waals surface area contributed by atoms with Crippen LogP contribution in [0.1, 0.15) is 35.3 Å². The Morgan fingerprint density at radius 3 is 2.24 bits per heavy atom. The normalized spacial score (nSPS) is 14.7. The fourth-order valence-electron chi connectivity index (χ4n) is 4.58. The Kier molecular flexibility index (Phi) is 7.65. The van der Waals surface area contributed by atoms with Crippen molar-refractivity contribution in [2.75, 3.05) is 26.3 Å². The van der Waals surface area contributed by atoms with Crippen molar-refractivity contribution in [2.24, 2.45) is 0 Å². The maximum absolute atomic E-state index is 12.9. The number of carbonyl (C=O) groups excluding carboxylic acids is 1. The van der Waals surface area contributed by atoms with Crippen LogP contribution in [0.15, 0.2) is 84.0 Å². The quantitative estimate of drug-likeness (QED) is 0.361. The Balaban J connectivity index is 1.22. The molecule has 5 rings (SSSR count). The van der Waals surface area contributed by atoms with E-state index < -0.39 is 15.1 Å². The highest BCUT2D eigenvalue weighted by Gasteiger charge is 2.19. The van der Waals surface area contributed by atoms with Gasteiger partial charge in [-0.05, 0) is 60.4 Å². The van der Waals surface area contributed by atoms with Crippen LogP contribution in [0.3, 0.4) is 0 Å². The maximum Gasteiger partial charge on any atom is 0.253 e. The van der Waals surface area contributed by atoms with Crippen molar-refractivity contribution >= 4 is 21.3 Å². The number of ether oxygens (including phenoxy) is 1. The van der Waals surface area contributed by atoms with Gasteiger partial charge in [-0.15, -0.1) is 0 Å². The summed E-state index contributed by atoms with van der Waals surface area (Å²) < 4.78 is 32.1. The predicted molar refractivity (Wildman–Crippen MR) is 149 cm³/mol. The second-order valence-electron chi connectivity index (χ2n) is 9.98. The summed E-state index contributed by atoms with van der Waals surface area (Å²) in [5.41, 5.74) is 5.65. The lowest BCUT2D eigenvalue weighted by Gasteiger charge is -2.26. The van der Waals surface area contributed by atoms with E-state index in [-0.39, 0.29) is 5.91 Å². The van der Waals surface area contributed by atoms with Gasteiger partial charge in [-0.1, -0.05) is 42.5 Å². The standard InChI is InChI=1S/C30H33N3O4S/c1-22(2)38(35,36)29-11-8-25(9-12-29)26-7-10-28-17-27(21-33(28)20-26)30(34)31-18-23-3-5-24(6-4-23)19-32-13-15-37-16-14-32/h3-12,17,20-22H,13-16,18-19H2,1-2H3,(H,31,34). The molecule has 1 amide bonds. The van der Waals surface area contributed by atoms with E-state index in [4.69, 9.17) is 4.74 Å². The molecule has 0 aliphatic carbocycles. The molecule has 0 bridgehead atoms. The van der Waals surface area contributed by atoms with Crippen LogP contribution in [0.4, 0.5) is 0 Å². The number of rotatable bonds is 8. The van der Waals surface area contributed by atoms with Gasteiger partial charge in [0.2, 0.25) is 0 Å². The average molecular weight is 532 g/mol. The molecule has 0 saturated carbocycles. The third kappa shape index (κ3) is 5.83. The molecule has 0 spiro atoms. The molecule has 2 aromatic heterocycles. The first-order valence-electron chi connectivity index (χ1n) is 12.9. The summed E-state index contributed by atoms with van der Waals surface area (Å²) >= 11 is 0. The van der Waals surface area contributed by atoms with Gasteiger partial charge in [-0.2, -0.15) is 0 Å². The van der Waals surface area contributed by atoms with Gasteiger partial charge in [0, 0.05) is 44.1 Å². The molecule has 7 nitrogen and oxygen atoms in total. The molecular weight excluding hydrogens is 498 g/mol. The summed E-state index contributed by atoms with van der Waals surface area (Å²) in [7, 11) is -3.31. The van der Waals surface area contributed by atoms with E-state index in [0.717, 1.165) is 55.1 Å². The molecule has 1 N–H and O–H groups in total. The number of nitrogens with zero attached hydrogens (tertiary/aromatic N) is 2. The van der Waals surface area contributed by atoms with E-state index in [0.29, 0.717) is 17.0 Å². The van der Waals surface area contributed by atoms with Gasteiger partial charge in [-0.3, -0.25) is 9.69 Å². The number of amides is 1. The number of sulfone groups is 1. The Bertz CT molecular complexity index is 1520. The van der Waals surface area contributed by atoms with Crippen LogP contribution in [0, 0.1) is 0 Å². The lowest BCUT2D eigenvalue weighted by molar-refractivity contribution is 0.0342. The van der Waals surface area contributed by atoms with Crippen LogP contribution in [0.25, 0.3) is 16.6 Å². The van der Waals surface area contributed by atoms with E-state index in [2.05, 4.69) is 34.5 Å². The third-order valence-corrected chi connectivity index (χ3v) is 9.15. The number of hydrogen-bond donors (Lipinski definition) is 1. The second-order valence-corrected chi connectivity index (χ2v) is 12.5. The highest BCUT2D eigenvalue weighted by atomic mass is 32.2. The van der Waals surface area contributed by atoms with Crippen molar-refractivity contribution in [1.29, 1.82) is 0 Å². The number of pyridine rings is 1. The zero-order valence-corrected chi connectivity index (χ0v) is 22.6. The molecule has 0 radical (unpaired) electrons. The molecular formula is C30H33N3O4S. The summed E-state index contributed by atoms with van der Waals surface area (Å²) in [6.45, 7) is 8.23. The summed E-state index contributed by atoms with van der Waals surface area (Å²) in [5.74, 6) is -0.129. The van der Waals surface area contributed by atoms with Crippen LogP contribution in [-0.2, 0) is 27.7 Å². The summed E-state index contributed by atoms with van der Waals surface area (Å²) in [5, 5.41) is 2.55. The van der Waals surface area contributed by atoms with Gasteiger partial charge in [0.1, 0.15) is 0 Å². The molecule has 8 heteroatoms. The maximum atomic E-state index is 12.9. The van der Waals surface area contributed by atoms with Crippen LogP contribution in [0.2, 0.25) is 0 Å². The fourth-order valence-corrected chi connectivity index (χ4v) is 5.64. The number of carbonyl (C=O) groups is 1. The van der Waals surface area contributed by atoms with Gasteiger partial charge in [-0.25, -0.2) is 8.42 Å². The summed E-state index contributed by atoms with van der Waals surface area (Å²) in [6, 6.07) is 21.1. The SMILES string of the molecule is CC(C)S(=O)(=O)c1ccc(-c2ccc3cc(C(=O)NCc4ccc(CN5CCOCC5)cc4)cn3c2)cc1. The van der Waals surface area contributed by atoms with E-state index in [1.165, 1.54) is 5.56 Å². The molecule has 198 valence electrons. The topological polar surface area (TPSA) is 80.1 Å². The fraction of sp³-hybridized carbons (Fsp3) is 0.300. The summed E-state index contributed by atoms with van der Waals surface area (Å²) in [6.07, 6.45) is 3.77. The highest BCUT2D eigenvalue weighted by Crippen LogP contribution is 2.24. The van der Waals surface area contributed by atoms with E-state index >= 15 is 0 Å². The molecule has 4 aromatic rings. The van der Waals surface area contributed by atoms with Crippen molar-refractivity contribution in [2.45, 2.75) is 37.1 Å². The first-order valence-corrected chi connectivity index (χ1v) is 14.5. The minimum absolute atomic E-state index is 0.129. The van der Waals surface area contributed by atoms with Gasteiger partial charge in [0.05, 0.1) is 28.9 Å². The van der Waals surface area contributed by atoms with E-state index in [9.17, 15) is 13.2 Å². The smallest absolute Gasteiger partial charge is 0.253 e. The number of nitrogens with one attached hydrogen (secondary N) is 1. The van der Waals surface area contributed by atoms with Crippen molar-refractivity contribution < 1.29 is 17.9 Å². The second kappa shape index (κ2) is 11.1. The van der Waals surface area contributed by atoms with Crippen LogP contribution < -0.4 is 5.32 Å². The summed E-state index contributed by atoms with van der Waals surface area (Å²) in [4.78, 5) is 15.6. The van der Waals surface area contributed by atoms with Crippen molar-refractivity contribution in [3.05, 3.63) is 95.8 Å². The number of morpholine rings is 1. The number of aromatic nitrogens is 1. The van der Waals surface area contributed by atoms with Crippen LogP contribution >= 0.6 is 0 Å². The van der Waals surface area contributed by atoms with E-state index in [1.807, 2.05) is 47.1 Å². The zero-order valence-electron chi connectivity index (χ0n) is 21.8. The van der Waals surface area contributed by atoms with Gasteiger partial charge in [0.25, 0.3) is 5.91 Å². The number of hydrogen-bond acceptors (Lipinski definition) is 5. The van der Waals surface area contributed by atoms with Gasteiger partial charge < -0.3 is 14.5 Å². The first kappa shape index (κ1) is 26.2. The number of fused-ring (bicyclic) bond motifs is 1. The Hall–Kier alpha value is -3.46. The van der Waals surface area contributed by atoms with Gasteiger partial charge >= 0.3 is 0 Å². The molecule has 1 saturated heterocycles. The van der Waals surface area contributed by atoms with Crippen molar-refractivity contribution in [1.82, 2.24) is 14.6 Å². The minimum atomic E-state index is -3.31. The molecule has 1 aliphatic heterocycles. The average Bonchev–Trinajstić information content (AvgIpc) is 3.37. The van der Waals surface area contributed by atoms with E-state index in [1.54, 1.807) is 26.0 Å². The molecule has 1 fully saturated rings. The first-order chi connectivity index (χ1) is 18.3. The van der Waals surface area contributed by atoms with Crippen molar-refractivity contribution in [3.8, 4) is 11.1 Å². The predicted octanol–water partition coefficient (Wildman–Crippen LogP) is 4.55. The lowest BCUT2D eigenvalue weighted by Crippen LogP contribution is -2.35. The largest absolute Gasteiger partial charge is 0.379 e. The molecule has 2 aromatic carbocycles. The van der Waals surface area contributed by atoms with Crippen molar-refractivity contribution in [3.63, 3.8) is 0 Å². The van der Waals surface area contributed by atoms with Crippen LogP contribution in [-0.4, -0.2) is 55.2 Å². The monoisotopic (exact) mass is 531 g/mol. The Labute approximate surface area is 224 Å². The highest BCUT2D eigenvalue weighted by molar-refractivity contribution is 7.92. The minimum Gasteiger partial charge on any atom is -0.379 e.